The number of nitrogens with zero attached hydrogens (tertiary/aromatic N) is 6. The Labute approximate surface area is 187 Å². The van der Waals surface area contributed by atoms with Crippen molar-refractivity contribution in [1.82, 2.24) is 29.7 Å². The van der Waals surface area contributed by atoms with Gasteiger partial charge in [-0.1, -0.05) is 11.2 Å². The molecule has 10 heteroatoms. The maximum Gasteiger partial charge on any atom is 0.293 e. The van der Waals surface area contributed by atoms with Gasteiger partial charge >= 0.3 is 0 Å². The van der Waals surface area contributed by atoms with E-state index >= 15 is 0 Å². The number of hydrogen-bond donors (Lipinski definition) is 0. The van der Waals surface area contributed by atoms with E-state index in [0.29, 0.717) is 31.1 Å². The van der Waals surface area contributed by atoms with Crippen LogP contribution in [0.25, 0.3) is 16.4 Å². The first-order chi connectivity index (χ1) is 15.6. The first-order valence-corrected chi connectivity index (χ1v) is 11.2. The van der Waals surface area contributed by atoms with Gasteiger partial charge in [-0.3, -0.25) is 9.69 Å². The maximum absolute atomic E-state index is 13.4. The molecule has 0 unspecified atom stereocenters. The molecular weight excluding hydrogens is 431 g/mol. The molecule has 4 aromatic rings. The summed E-state index contributed by atoms with van der Waals surface area (Å²) in [6, 6.07) is 11.8. The Morgan fingerprint density at radius 1 is 1.16 bits per heavy atom. The minimum Gasteiger partial charge on any atom is -0.361 e. The average Bonchev–Trinajstić information content (AvgIpc) is 3.55. The minimum atomic E-state index is -0.332. The lowest BCUT2D eigenvalue weighted by Crippen LogP contribution is -2.48. The molecule has 0 spiro atoms. The molecule has 1 aromatic carbocycles. The van der Waals surface area contributed by atoms with Gasteiger partial charge in [-0.25, -0.2) is 14.1 Å². The van der Waals surface area contributed by atoms with E-state index in [9.17, 15) is 9.18 Å². The summed E-state index contributed by atoms with van der Waals surface area (Å²) in [4.78, 5) is 22.6. The fraction of sp³-hybridized carbons (Fsp3) is 0.273. The number of carbonyl (C=O) groups is 1. The first-order valence-electron chi connectivity index (χ1n) is 10.3. The number of aromatic nitrogens is 4. The second-order valence-electron chi connectivity index (χ2n) is 7.62. The minimum absolute atomic E-state index is 0.137. The fourth-order valence-corrected chi connectivity index (χ4v) is 4.40. The Morgan fingerprint density at radius 3 is 2.59 bits per heavy atom. The summed E-state index contributed by atoms with van der Waals surface area (Å²) >= 11 is 1.51. The van der Waals surface area contributed by atoms with Crippen LogP contribution in [0.5, 0.6) is 0 Å². The zero-order chi connectivity index (χ0) is 22.1. The van der Waals surface area contributed by atoms with Crippen LogP contribution < -0.4 is 0 Å². The molecule has 0 N–H and O–H groups in total. The third kappa shape index (κ3) is 4.19. The predicted octanol–water partition coefficient (Wildman–Crippen LogP) is 3.39. The number of thiophene rings is 1. The van der Waals surface area contributed by atoms with Crippen molar-refractivity contribution in [2.75, 3.05) is 26.2 Å². The van der Waals surface area contributed by atoms with Crippen molar-refractivity contribution in [2.24, 2.45) is 0 Å². The molecule has 0 aliphatic carbocycles. The number of piperazine rings is 1. The molecule has 3 aromatic heterocycles. The summed E-state index contributed by atoms with van der Waals surface area (Å²) in [7, 11) is 0. The van der Waals surface area contributed by atoms with E-state index in [1.807, 2.05) is 30.5 Å². The second-order valence-corrected chi connectivity index (χ2v) is 8.57. The smallest absolute Gasteiger partial charge is 0.293 e. The molecule has 0 atom stereocenters. The topological polar surface area (TPSA) is 80.3 Å². The van der Waals surface area contributed by atoms with Crippen molar-refractivity contribution in [2.45, 2.75) is 13.5 Å². The average molecular weight is 453 g/mol. The van der Waals surface area contributed by atoms with Crippen LogP contribution in [0.15, 0.2) is 52.4 Å². The van der Waals surface area contributed by atoms with E-state index < -0.39 is 0 Å². The van der Waals surface area contributed by atoms with Gasteiger partial charge in [0.15, 0.2) is 5.82 Å². The summed E-state index contributed by atoms with van der Waals surface area (Å²) in [6.45, 7) is 5.18. The van der Waals surface area contributed by atoms with E-state index in [4.69, 9.17) is 4.52 Å². The lowest BCUT2D eigenvalue weighted by atomic mass is 10.2. The Morgan fingerprint density at radius 2 is 1.94 bits per heavy atom. The highest BCUT2D eigenvalue weighted by molar-refractivity contribution is 7.13. The first kappa shape index (κ1) is 20.5. The largest absolute Gasteiger partial charge is 0.361 e. The molecule has 0 saturated carbocycles. The highest BCUT2D eigenvalue weighted by Gasteiger charge is 2.27. The molecule has 1 aliphatic heterocycles. The van der Waals surface area contributed by atoms with Gasteiger partial charge in [0.05, 0.1) is 16.3 Å². The molecule has 4 heterocycles. The molecule has 164 valence electrons. The molecular formula is C22H21FN6O2S. The van der Waals surface area contributed by atoms with E-state index in [1.165, 1.54) is 23.5 Å². The third-order valence-corrected chi connectivity index (χ3v) is 6.20. The molecule has 8 nitrogen and oxygen atoms in total. The number of rotatable bonds is 5. The summed E-state index contributed by atoms with van der Waals surface area (Å²) < 4.78 is 20.1. The molecule has 0 radical (unpaired) electrons. The molecule has 5 rings (SSSR count). The molecule has 0 bridgehead atoms. The number of halogens is 1. The number of aryl methyl sites for hydroxylation is 1. The van der Waals surface area contributed by atoms with Gasteiger partial charge in [-0.2, -0.15) is 0 Å². The standard InChI is InChI=1S/C22H21FN6O2S/c1-15-13-17(26-31-15)14-27-8-10-28(11-9-27)22(30)20-24-21(19-3-2-12-32-19)29(25-20)18-6-4-16(23)5-7-18/h2-7,12-13H,8-11,14H2,1H3. The van der Waals surface area contributed by atoms with Gasteiger partial charge < -0.3 is 9.42 Å². The van der Waals surface area contributed by atoms with Gasteiger partial charge in [0.2, 0.25) is 5.82 Å². The third-order valence-electron chi connectivity index (χ3n) is 5.33. The highest BCUT2D eigenvalue weighted by Crippen LogP contribution is 2.26. The van der Waals surface area contributed by atoms with Crippen molar-refractivity contribution in [3.05, 3.63) is 70.9 Å². The zero-order valence-electron chi connectivity index (χ0n) is 17.4. The molecule has 1 aliphatic rings. The Hall–Kier alpha value is -3.37. The molecule has 1 saturated heterocycles. The molecule has 1 fully saturated rings. The van der Waals surface area contributed by atoms with Crippen LogP contribution in [-0.2, 0) is 6.54 Å². The Kier molecular flexibility index (Phi) is 5.54. The van der Waals surface area contributed by atoms with Gasteiger partial charge in [0, 0.05) is 38.8 Å². The summed E-state index contributed by atoms with van der Waals surface area (Å²) in [6.07, 6.45) is 0. The number of benzene rings is 1. The van der Waals surface area contributed by atoms with Crippen LogP contribution in [-0.4, -0.2) is 61.8 Å². The van der Waals surface area contributed by atoms with Crippen LogP contribution in [0.4, 0.5) is 4.39 Å². The van der Waals surface area contributed by atoms with Crippen molar-refractivity contribution in [3.63, 3.8) is 0 Å². The predicted molar refractivity (Wildman–Crippen MR) is 117 cm³/mol. The zero-order valence-corrected chi connectivity index (χ0v) is 18.3. The van der Waals surface area contributed by atoms with Gasteiger partial charge in [-0.05, 0) is 42.6 Å². The Balaban J connectivity index is 1.34. The lowest BCUT2D eigenvalue weighted by molar-refractivity contribution is 0.0614. The number of hydrogen-bond acceptors (Lipinski definition) is 7. The van der Waals surface area contributed by atoms with E-state index in [0.717, 1.165) is 29.4 Å². The van der Waals surface area contributed by atoms with Crippen molar-refractivity contribution >= 4 is 17.2 Å². The number of amides is 1. The van der Waals surface area contributed by atoms with Crippen LogP contribution in [0, 0.1) is 12.7 Å². The fourth-order valence-electron chi connectivity index (χ4n) is 3.70. The quantitative estimate of drug-likeness (QED) is 0.462. The van der Waals surface area contributed by atoms with Crippen molar-refractivity contribution < 1.29 is 13.7 Å². The van der Waals surface area contributed by atoms with E-state index in [1.54, 1.807) is 21.7 Å². The van der Waals surface area contributed by atoms with Crippen LogP contribution in [0.3, 0.4) is 0 Å². The summed E-state index contributed by atoms with van der Waals surface area (Å²) in [5, 5.41) is 10.5. The molecule has 32 heavy (non-hydrogen) atoms. The highest BCUT2D eigenvalue weighted by atomic mass is 32.1. The van der Waals surface area contributed by atoms with Crippen LogP contribution >= 0.6 is 11.3 Å². The summed E-state index contributed by atoms with van der Waals surface area (Å²) in [5.41, 5.74) is 1.54. The van der Waals surface area contributed by atoms with Crippen LogP contribution in [0.2, 0.25) is 0 Å². The van der Waals surface area contributed by atoms with E-state index in [-0.39, 0.29) is 17.5 Å². The Bertz CT molecular complexity index is 1210. The second kappa shape index (κ2) is 8.64. The van der Waals surface area contributed by atoms with Crippen molar-refractivity contribution in [3.8, 4) is 16.4 Å². The van der Waals surface area contributed by atoms with E-state index in [2.05, 4.69) is 20.1 Å². The summed E-state index contributed by atoms with van der Waals surface area (Å²) in [5.74, 6) is 0.952. The van der Waals surface area contributed by atoms with Gasteiger partial charge in [0.1, 0.15) is 11.6 Å². The maximum atomic E-state index is 13.4. The SMILES string of the molecule is Cc1cc(CN2CCN(C(=O)c3nc(-c4cccs4)n(-c4ccc(F)cc4)n3)CC2)no1. The van der Waals surface area contributed by atoms with Gasteiger partial charge in [-0.15, -0.1) is 16.4 Å². The van der Waals surface area contributed by atoms with Crippen molar-refractivity contribution in [1.29, 1.82) is 0 Å². The number of carbonyl (C=O) groups excluding carboxylic acids is 1. The lowest BCUT2D eigenvalue weighted by Gasteiger charge is -2.33. The van der Waals surface area contributed by atoms with Crippen LogP contribution in [0.1, 0.15) is 22.1 Å². The normalized spacial score (nSPS) is 14.8. The monoisotopic (exact) mass is 452 g/mol. The molecule has 1 amide bonds. The van der Waals surface area contributed by atoms with Gasteiger partial charge in [0.25, 0.3) is 5.91 Å².